The van der Waals surface area contributed by atoms with E-state index in [0.29, 0.717) is 23.4 Å². The summed E-state index contributed by atoms with van der Waals surface area (Å²) in [6.07, 6.45) is 3.88. The van der Waals surface area contributed by atoms with Crippen molar-refractivity contribution < 1.29 is 14.3 Å². The van der Waals surface area contributed by atoms with Crippen LogP contribution in [-0.2, 0) is 0 Å². The van der Waals surface area contributed by atoms with E-state index in [1.807, 2.05) is 12.1 Å². The number of likely N-dealkylation sites (tertiary alicyclic amines) is 1. The maximum atomic E-state index is 12.5. The van der Waals surface area contributed by atoms with Gasteiger partial charge in [0.2, 0.25) is 0 Å². The van der Waals surface area contributed by atoms with Gasteiger partial charge in [-0.3, -0.25) is 14.5 Å². The predicted molar refractivity (Wildman–Crippen MR) is 99.8 cm³/mol. The van der Waals surface area contributed by atoms with Crippen LogP contribution in [0.25, 0.3) is 0 Å². The van der Waals surface area contributed by atoms with Gasteiger partial charge in [-0.05, 0) is 62.3 Å². The first-order valence-corrected chi connectivity index (χ1v) is 9.17. The second-order valence-electron chi connectivity index (χ2n) is 6.74. The fourth-order valence-electron chi connectivity index (χ4n) is 3.59. The predicted octanol–water partition coefficient (Wildman–Crippen LogP) is 3.35. The van der Waals surface area contributed by atoms with Crippen LogP contribution in [0.4, 0.5) is 5.69 Å². The highest BCUT2D eigenvalue weighted by molar-refractivity contribution is 6.34. The zero-order valence-electron chi connectivity index (χ0n) is 14.7. The Balaban J connectivity index is 1.39. The maximum absolute atomic E-state index is 12.5. The molecule has 1 fully saturated rings. The number of piperidine rings is 1. The summed E-state index contributed by atoms with van der Waals surface area (Å²) in [5.74, 6) is 0.205. The van der Waals surface area contributed by atoms with Crippen molar-refractivity contribution in [2.75, 3.05) is 31.1 Å². The Hall–Kier alpha value is -2.66. The molecule has 2 aromatic carbocycles. The van der Waals surface area contributed by atoms with Crippen LogP contribution in [0.3, 0.4) is 0 Å². The van der Waals surface area contributed by atoms with Gasteiger partial charge < -0.3 is 4.74 Å². The number of imide groups is 1. The van der Waals surface area contributed by atoms with Crippen LogP contribution in [-0.4, -0.2) is 43.0 Å². The van der Waals surface area contributed by atoms with E-state index in [-0.39, 0.29) is 11.8 Å². The number of anilines is 1. The summed E-state index contributed by atoms with van der Waals surface area (Å²) in [5, 5.41) is 0. The summed E-state index contributed by atoms with van der Waals surface area (Å²) in [5.41, 5.74) is 1.48. The second-order valence-corrected chi connectivity index (χ2v) is 6.74. The number of rotatable bonds is 5. The summed E-state index contributed by atoms with van der Waals surface area (Å²) in [7, 11) is 0. The number of nitrogens with zero attached hydrogens (tertiary/aromatic N) is 2. The molecule has 0 unspecified atom stereocenters. The van der Waals surface area contributed by atoms with E-state index in [1.165, 1.54) is 24.2 Å². The topological polar surface area (TPSA) is 49.9 Å². The first-order valence-electron chi connectivity index (χ1n) is 9.17. The Morgan fingerprint density at radius 2 is 1.42 bits per heavy atom. The zero-order chi connectivity index (χ0) is 17.9. The third-order valence-electron chi connectivity index (χ3n) is 5.01. The summed E-state index contributed by atoms with van der Waals surface area (Å²) in [6, 6.07) is 14.1. The molecule has 0 N–H and O–H groups in total. The molecule has 5 heteroatoms. The van der Waals surface area contributed by atoms with Gasteiger partial charge in [-0.15, -0.1) is 0 Å². The van der Waals surface area contributed by atoms with Crippen LogP contribution >= 0.6 is 0 Å². The molecule has 4 rings (SSSR count). The number of hydrogen-bond acceptors (Lipinski definition) is 4. The standard InChI is InChI=1S/C21H22N2O3/c24-20-18-6-2-3-7-19(18)21(25)23(20)16-8-10-17(11-9-16)26-15-14-22-12-4-1-5-13-22/h2-3,6-11H,1,4-5,12-15H2. The van der Waals surface area contributed by atoms with E-state index < -0.39 is 0 Å². The summed E-state index contributed by atoms with van der Waals surface area (Å²) in [4.78, 5) is 28.7. The third kappa shape index (κ3) is 3.22. The number of benzene rings is 2. The average Bonchev–Trinajstić information content (AvgIpc) is 2.94. The van der Waals surface area contributed by atoms with E-state index in [1.54, 1.807) is 36.4 Å². The molecule has 5 nitrogen and oxygen atoms in total. The van der Waals surface area contributed by atoms with Crippen LogP contribution in [0.2, 0.25) is 0 Å². The van der Waals surface area contributed by atoms with E-state index in [0.717, 1.165) is 25.4 Å². The van der Waals surface area contributed by atoms with E-state index in [9.17, 15) is 9.59 Å². The van der Waals surface area contributed by atoms with Gasteiger partial charge >= 0.3 is 0 Å². The van der Waals surface area contributed by atoms with Gasteiger partial charge in [0.25, 0.3) is 11.8 Å². The Morgan fingerprint density at radius 3 is 2.04 bits per heavy atom. The Bertz CT molecular complexity index is 775. The third-order valence-corrected chi connectivity index (χ3v) is 5.01. The molecule has 134 valence electrons. The van der Waals surface area contributed by atoms with Crippen LogP contribution in [0.5, 0.6) is 5.75 Å². The lowest BCUT2D eigenvalue weighted by molar-refractivity contribution is 0.0926. The number of fused-ring (bicyclic) bond motifs is 1. The van der Waals surface area contributed by atoms with Crippen LogP contribution in [0.15, 0.2) is 48.5 Å². The summed E-state index contributed by atoms with van der Waals surface area (Å²) >= 11 is 0. The molecule has 26 heavy (non-hydrogen) atoms. The molecule has 2 aliphatic rings. The molecule has 2 aromatic rings. The number of carbonyl (C=O) groups is 2. The molecule has 0 radical (unpaired) electrons. The molecule has 0 aliphatic carbocycles. The lowest BCUT2D eigenvalue weighted by atomic mass is 10.1. The Kier molecular flexibility index (Phi) is 4.71. The van der Waals surface area contributed by atoms with Gasteiger partial charge in [0.05, 0.1) is 16.8 Å². The van der Waals surface area contributed by atoms with Crippen molar-refractivity contribution in [3.8, 4) is 5.75 Å². The average molecular weight is 350 g/mol. The fourth-order valence-corrected chi connectivity index (χ4v) is 3.59. The van der Waals surface area contributed by atoms with Gasteiger partial charge in [0, 0.05) is 6.54 Å². The highest BCUT2D eigenvalue weighted by Crippen LogP contribution is 2.29. The molecular formula is C21H22N2O3. The lowest BCUT2D eigenvalue weighted by Crippen LogP contribution is -2.33. The maximum Gasteiger partial charge on any atom is 0.266 e. The molecule has 0 atom stereocenters. The van der Waals surface area contributed by atoms with Gasteiger partial charge in [-0.1, -0.05) is 18.6 Å². The Labute approximate surface area is 153 Å². The van der Waals surface area contributed by atoms with Crippen molar-refractivity contribution in [2.24, 2.45) is 0 Å². The molecule has 1 saturated heterocycles. The number of carbonyl (C=O) groups excluding carboxylic acids is 2. The zero-order valence-corrected chi connectivity index (χ0v) is 14.7. The molecule has 2 amide bonds. The second kappa shape index (κ2) is 7.30. The van der Waals surface area contributed by atoms with Gasteiger partial charge in [-0.25, -0.2) is 4.90 Å². The number of amides is 2. The van der Waals surface area contributed by atoms with Crippen molar-refractivity contribution >= 4 is 17.5 Å². The lowest BCUT2D eigenvalue weighted by Gasteiger charge is -2.26. The fraction of sp³-hybridized carbons (Fsp3) is 0.333. The smallest absolute Gasteiger partial charge is 0.266 e. The molecule has 0 aromatic heterocycles. The molecular weight excluding hydrogens is 328 g/mol. The van der Waals surface area contributed by atoms with Crippen molar-refractivity contribution in [3.63, 3.8) is 0 Å². The SMILES string of the molecule is O=C1c2ccccc2C(=O)N1c1ccc(OCCN2CCCCC2)cc1. The van der Waals surface area contributed by atoms with Crippen molar-refractivity contribution in [1.82, 2.24) is 4.90 Å². The van der Waals surface area contributed by atoms with Gasteiger partial charge in [-0.2, -0.15) is 0 Å². The van der Waals surface area contributed by atoms with E-state index >= 15 is 0 Å². The van der Waals surface area contributed by atoms with E-state index in [4.69, 9.17) is 4.74 Å². The highest BCUT2D eigenvalue weighted by atomic mass is 16.5. The largest absolute Gasteiger partial charge is 0.492 e. The quantitative estimate of drug-likeness (QED) is 0.776. The molecule has 0 bridgehead atoms. The molecule has 0 spiro atoms. The molecule has 2 heterocycles. The summed E-state index contributed by atoms with van der Waals surface area (Å²) in [6.45, 7) is 3.89. The van der Waals surface area contributed by atoms with Crippen molar-refractivity contribution in [3.05, 3.63) is 59.7 Å². The van der Waals surface area contributed by atoms with Crippen LogP contribution in [0.1, 0.15) is 40.0 Å². The first-order chi connectivity index (χ1) is 12.7. The minimum absolute atomic E-state index is 0.274. The van der Waals surface area contributed by atoms with Gasteiger partial charge in [0.15, 0.2) is 0 Å². The highest BCUT2D eigenvalue weighted by Gasteiger charge is 2.36. The van der Waals surface area contributed by atoms with E-state index in [2.05, 4.69) is 4.90 Å². The number of hydrogen-bond donors (Lipinski definition) is 0. The summed E-state index contributed by atoms with van der Waals surface area (Å²) < 4.78 is 5.81. The minimum atomic E-state index is -0.274. The first kappa shape index (κ1) is 16.8. The number of ether oxygens (including phenoxy) is 1. The van der Waals surface area contributed by atoms with Crippen LogP contribution < -0.4 is 9.64 Å². The molecule has 0 saturated carbocycles. The Morgan fingerprint density at radius 1 is 0.808 bits per heavy atom. The normalized spacial score (nSPS) is 17.5. The molecule has 2 aliphatic heterocycles. The monoisotopic (exact) mass is 350 g/mol. The van der Waals surface area contributed by atoms with Crippen LogP contribution in [0, 0.1) is 0 Å². The van der Waals surface area contributed by atoms with Crippen molar-refractivity contribution in [2.45, 2.75) is 19.3 Å². The minimum Gasteiger partial charge on any atom is -0.492 e. The van der Waals surface area contributed by atoms with Crippen molar-refractivity contribution in [1.29, 1.82) is 0 Å². The van der Waals surface area contributed by atoms with Gasteiger partial charge in [0.1, 0.15) is 12.4 Å².